The maximum Gasteiger partial charge on any atom is 0.224 e. The van der Waals surface area contributed by atoms with Gasteiger partial charge in [0.25, 0.3) is 0 Å². The van der Waals surface area contributed by atoms with Gasteiger partial charge in [0.05, 0.1) is 7.11 Å². The number of ketones is 2. The Hall–Kier alpha value is -1.64. The van der Waals surface area contributed by atoms with Crippen LogP contribution in [0.3, 0.4) is 0 Å². The number of hydrogen-bond acceptors (Lipinski definition) is 3. The fourth-order valence-corrected chi connectivity index (χ4v) is 3.27. The van der Waals surface area contributed by atoms with Crippen molar-refractivity contribution in [2.75, 3.05) is 7.11 Å². The van der Waals surface area contributed by atoms with Gasteiger partial charge < -0.3 is 4.74 Å². The van der Waals surface area contributed by atoms with Crippen molar-refractivity contribution in [2.24, 2.45) is 11.3 Å². The van der Waals surface area contributed by atoms with Crippen LogP contribution in [0.25, 0.3) is 0 Å². The van der Waals surface area contributed by atoms with E-state index in [1.807, 2.05) is 13.8 Å². The van der Waals surface area contributed by atoms with E-state index in [4.69, 9.17) is 4.74 Å². The number of ether oxygens (including phenoxy) is 1. The molecule has 0 amide bonds. The standard InChI is InChI=1S/C20H30O3/c1-12(2)11-13(3)9-10-20(6,7)16-14(4)17(21)15(5)19(23-8)18(16)22/h9,12H,10-11H2,1-8H3/b13-9+. The summed E-state index contributed by atoms with van der Waals surface area (Å²) in [7, 11) is 1.45. The molecule has 0 aliphatic heterocycles. The molecule has 0 heterocycles. The second kappa shape index (κ2) is 7.29. The lowest BCUT2D eigenvalue weighted by Gasteiger charge is -2.31. The molecule has 0 bridgehead atoms. The van der Waals surface area contributed by atoms with Crippen molar-refractivity contribution in [3.8, 4) is 0 Å². The van der Waals surface area contributed by atoms with E-state index in [2.05, 4.69) is 26.8 Å². The van der Waals surface area contributed by atoms with E-state index in [1.54, 1.807) is 13.8 Å². The van der Waals surface area contributed by atoms with Crippen molar-refractivity contribution in [3.05, 3.63) is 34.1 Å². The molecule has 0 saturated carbocycles. The Morgan fingerprint density at radius 3 is 2.17 bits per heavy atom. The van der Waals surface area contributed by atoms with Crippen molar-refractivity contribution >= 4 is 11.6 Å². The first-order chi connectivity index (χ1) is 10.5. The number of hydrogen-bond donors (Lipinski definition) is 0. The highest BCUT2D eigenvalue weighted by Gasteiger charge is 2.38. The van der Waals surface area contributed by atoms with Gasteiger partial charge in [0.1, 0.15) is 0 Å². The minimum absolute atomic E-state index is 0.0904. The van der Waals surface area contributed by atoms with Gasteiger partial charge in [-0.25, -0.2) is 0 Å². The second-order valence-corrected chi connectivity index (χ2v) is 7.55. The van der Waals surface area contributed by atoms with Gasteiger partial charge in [-0.3, -0.25) is 9.59 Å². The normalized spacial score (nSPS) is 17.5. The molecule has 0 fully saturated rings. The lowest BCUT2D eigenvalue weighted by atomic mass is 9.72. The van der Waals surface area contributed by atoms with Gasteiger partial charge in [-0.2, -0.15) is 0 Å². The van der Waals surface area contributed by atoms with E-state index in [0.717, 1.165) is 12.8 Å². The first-order valence-electron chi connectivity index (χ1n) is 8.24. The molecule has 0 N–H and O–H groups in total. The highest BCUT2D eigenvalue weighted by Crippen LogP contribution is 2.39. The summed E-state index contributed by atoms with van der Waals surface area (Å²) in [6.07, 6.45) is 3.96. The minimum atomic E-state index is -0.403. The van der Waals surface area contributed by atoms with Gasteiger partial charge in [-0.05, 0) is 44.9 Å². The molecule has 0 unspecified atom stereocenters. The molecule has 3 nitrogen and oxygen atoms in total. The fourth-order valence-electron chi connectivity index (χ4n) is 3.27. The molecule has 0 atom stereocenters. The number of carbonyl (C=O) groups is 2. The van der Waals surface area contributed by atoms with E-state index in [-0.39, 0.29) is 17.3 Å². The molecule has 0 radical (unpaired) electrons. The molecule has 1 aliphatic carbocycles. The monoisotopic (exact) mass is 318 g/mol. The Morgan fingerprint density at radius 1 is 1.13 bits per heavy atom. The van der Waals surface area contributed by atoms with E-state index in [0.29, 0.717) is 22.6 Å². The number of methoxy groups -OCH3 is 1. The van der Waals surface area contributed by atoms with Crippen LogP contribution in [0.1, 0.15) is 61.3 Å². The summed E-state index contributed by atoms with van der Waals surface area (Å²) in [5.41, 5.74) is 2.45. The Kier molecular flexibility index (Phi) is 6.15. The van der Waals surface area contributed by atoms with Crippen LogP contribution in [-0.4, -0.2) is 18.7 Å². The maximum atomic E-state index is 12.8. The average molecular weight is 318 g/mol. The molecule has 128 valence electrons. The summed E-state index contributed by atoms with van der Waals surface area (Å²) >= 11 is 0. The molecule has 0 spiro atoms. The van der Waals surface area contributed by atoms with Gasteiger partial charge >= 0.3 is 0 Å². The van der Waals surface area contributed by atoms with Crippen LogP contribution >= 0.6 is 0 Å². The molecule has 0 saturated heterocycles. The summed E-state index contributed by atoms with van der Waals surface area (Å²) in [6, 6.07) is 0. The quantitative estimate of drug-likeness (QED) is 0.522. The molecule has 0 aromatic rings. The van der Waals surface area contributed by atoms with Gasteiger partial charge in [0.2, 0.25) is 5.78 Å². The van der Waals surface area contributed by atoms with Gasteiger partial charge in [0.15, 0.2) is 11.5 Å². The number of Topliss-reactive ketones (excluding diaryl/α,β-unsaturated/α-hetero) is 2. The Labute approximate surface area is 140 Å². The van der Waals surface area contributed by atoms with E-state index >= 15 is 0 Å². The van der Waals surface area contributed by atoms with Crippen molar-refractivity contribution in [1.82, 2.24) is 0 Å². The predicted molar refractivity (Wildman–Crippen MR) is 94.0 cm³/mol. The van der Waals surface area contributed by atoms with Gasteiger partial charge in [-0.15, -0.1) is 0 Å². The smallest absolute Gasteiger partial charge is 0.224 e. The average Bonchev–Trinajstić information content (AvgIpc) is 2.43. The third kappa shape index (κ3) is 4.21. The zero-order valence-corrected chi connectivity index (χ0v) is 15.8. The molecular weight excluding hydrogens is 288 g/mol. The predicted octanol–water partition coefficient (Wildman–Crippen LogP) is 4.78. The fraction of sp³-hybridized carbons (Fsp3) is 0.600. The van der Waals surface area contributed by atoms with Crippen molar-refractivity contribution in [2.45, 2.75) is 61.3 Å². The van der Waals surface area contributed by atoms with Crippen LogP contribution in [0.5, 0.6) is 0 Å². The zero-order valence-electron chi connectivity index (χ0n) is 15.8. The van der Waals surface area contributed by atoms with Crippen molar-refractivity contribution < 1.29 is 14.3 Å². The van der Waals surface area contributed by atoms with Crippen molar-refractivity contribution in [1.29, 1.82) is 0 Å². The molecular formula is C20H30O3. The molecule has 0 aromatic carbocycles. The largest absolute Gasteiger partial charge is 0.492 e. The van der Waals surface area contributed by atoms with Crippen LogP contribution in [0.4, 0.5) is 0 Å². The molecule has 1 aliphatic rings. The first kappa shape index (κ1) is 19.4. The maximum absolute atomic E-state index is 12.8. The second-order valence-electron chi connectivity index (χ2n) is 7.55. The molecule has 3 heteroatoms. The van der Waals surface area contributed by atoms with Gasteiger partial charge in [-0.1, -0.05) is 39.3 Å². The van der Waals surface area contributed by atoms with E-state index in [9.17, 15) is 9.59 Å². The number of carbonyl (C=O) groups excluding carboxylic acids is 2. The third-order valence-corrected chi connectivity index (χ3v) is 4.40. The zero-order chi connectivity index (χ0) is 17.9. The Bertz CT molecular complexity index is 598. The summed E-state index contributed by atoms with van der Waals surface area (Å²) in [5.74, 6) is 0.555. The van der Waals surface area contributed by atoms with Crippen LogP contribution < -0.4 is 0 Å². The molecule has 1 rings (SSSR count). The third-order valence-electron chi connectivity index (χ3n) is 4.40. The Morgan fingerprint density at radius 2 is 1.70 bits per heavy atom. The highest BCUT2D eigenvalue weighted by molar-refractivity contribution is 6.24. The molecule has 0 aromatic heterocycles. The van der Waals surface area contributed by atoms with E-state index < -0.39 is 5.41 Å². The Balaban J connectivity index is 3.17. The number of rotatable bonds is 6. The lowest BCUT2D eigenvalue weighted by molar-refractivity contribution is -0.119. The van der Waals surface area contributed by atoms with Crippen LogP contribution in [0.15, 0.2) is 34.1 Å². The lowest BCUT2D eigenvalue weighted by Crippen LogP contribution is -2.31. The van der Waals surface area contributed by atoms with Crippen LogP contribution in [0.2, 0.25) is 0 Å². The van der Waals surface area contributed by atoms with E-state index in [1.165, 1.54) is 12.7 Å². The van der Waals surface area contributed by atoms with Crippen LogP contribution in [-0.2, 0) is 14.3 Å². The summed E-state index contributed by atoms with van der Waals surface area (Å²) in [4.78, 5) is 25.2. The van der Waals surface area contributed by atoms with Gasteiger partial charge in [0, 0.05) is 16.7 Å². The van der Waals surface area contributed by atoms with Crippen LogP contribution in [0, 0.1) is 11.3 Å². The highest BCUT2D eigenvalue weighted by atomic mass is 16.5. The number of allylic oxidation sites excluding steroid dienone is 5. The molecule has 23 heavy (non-hydrogen) atoms. The summed E-state index contributed by atoms with van der Waals surface area (Å²) in [5, 5.41) is 0. The summed E-state index contributed by atoms with van der Waals surface area (Å²) in [6.45, 7) is 13.9. The SMILES string of the molecule is COC1=C(C)C(=O)C(C)=C(C(C)(C)C/C=C(\C)CC(C)C)C1=O. The first-order valence-corrected chi connectivity index (χ1v) is 8.24. The summed E-state index contributed by atoms with van der Waals surface area (Å²) < 4.78 is 5.20. The van der Waals surface area contributed by atoms with Crippen molar-refractivity contribution in [3.63, 3.8) is 0 Å². The minimum Gasteiger partial charge on any atom is -0.492 e. The topological polar surface area (TPSA) is 43.4 Å².